The van der Waals surface area contributed by atoms with Crippen molar-refractivity contribution in [2.45, 2.75) is 39.0 Å². The van der Waals surface area contributed by atoms with Crippen LogP contribution in [0.15, 0.2) is 24.3 Å². The maximum absolute atomic E-state index is 11.7. The highest BCUT2D eigenvalue weighted by Crippen LogP contribution is 2.23. The van der Waals surface area contributed by atoms with Crippen molar-refractivity contribution in [2.75, 3.05) is 7.11 Å². The number of esters is 1. The monoisotopic (exact) mass is 220 g/mol. The third kappa shape index (κ3) is 3.09. The number of aryl methyl sites for hydroxylation is 1. The summed E-state index contributed by atoms with van der Waals surface area (Å²) in [6.45, 7) is 4.20. The number of carbonyl (C=O) groups excluding carboxylic acids is 1. The van der Waals surface area contributed by atoms with Crippen LogP contribution in [0.3, 0.4) is 0 Å². The first kappa shape index (κ1) is 12.8. The van der Waals surface area contributed by atoms with Gasteiger partial charge in [0.2, 0.25) is 0 Å². The van der Waals surface area contributed by atoms with Gasteiger partial charge in [0, 0.05) is 0 Å². The van der Waals surface area contributed by atoms with Crippen molar-refractivity contribution in [1.82, 2.24) is 0 Å². The van der Waals surface area contributed by atoms with E-state index in [1.807, 2.05) is 12.1 Å². The van der Waals surface area contributed by atoms with Gasteiger partial charge in [-0.15, -0.1) is 0 Å². The third-order valence-corrected chi connectivity index (χ3v) is 2.82. The minimum absolute atomic E-state index is 0.110. The molecule has 1 atom stereocenters. The summed E-state index contributed by atoms with van der Waals surface area (Å²) in [4.78, 5) is 11.7. The van der Waals surface area contributed by atoms with E-state index in [4.69, 9.17) is 4.74 Å². The molecule has 0 spiro atoms. The Bertz CT molecular complexity index is 344. The smallest absolute Gasteiger partial charge is 0.313 e. The summed E-state index contributed by atoms with van der Waals surface area (Å²) in [5, 5.41) is 0. The first-order chi connectivity index (χ1) is 7.72. The molecule has 88 valence electrons. The summed E-state index contributed by atoms with van der Waals surface area (Å²) in [5.74, 6) is -0.239. The Hall–Kier alpha value is -1.31. The van der Waals surface area contributed by atoms with Crippen molar-refractivity contribution >= 4 is 5.97 Å². The molecule has 2 nitrogen and oxygen atoms in total. The van der Waals surface area contributed by atoms with E-state index in [-0.39, 0.29) is 11.9 Å². The number of carbonyl (C=O) groups is 1. The fourth-order valence-corrected chi connectivity index (χ4v) is 1.88. The Labute approximate surface area is 97.6 Å². The van der Waals surface area contributed by atoms with Gasteiger partial charge in [0.25, 0.3) is 0 Å². The molecule has 0 fully saturated rings. The average molecular weight is 220 g/mol. The fraction of sp³-hybridized carbons (Fsp3) is 0.500. The number of rotatable bonds is 5. The van der Waals surface area contributed by atoms with Crippen molar-refractivity contribution in [2.24, 2.45) is 0 Å². The number of benzene rings is 1. The lowest BCUT2D eigenvalue weighted by atomic mass is 9.93. The van der Waals surface area contributed by atoms with E-state index < -0.39 is 0 Å². The number of ether oxygens (including phenoxy) is 1. The van der Waals surface area contributed by atoms with Crippen molar-refractivity contribution < 1.29 is 9.53 Å². The molecule has 0 aliphatic heterocycles. The van der Waals surface area contributed by atoms with Crippen LogP contribution in [0, 0.1) is 0 Å². The Morgan fingerprint density at radius 2 is 2.12 bits per heavy atom. The van der Waals surface area contributed by atoms with Crippen LogP contribution in [-0.4, -0.2) is 13.1 Å². The predicted octanol–water partition coefficient (Wildman–Crippen LogP) is 3.31. The van der Waals surface area contributed by atoms with Crippen LogP contribution in [0.1, 0.15) is 43.7 Å². The predicted molar refractivity (Wildman–Crippen MR) is 65.5 cm³/mol. The number of methoxy groups -OCH3 is 1. The molecule has 1 unspecified atom stereocenters. The highest BCUT2D eigenvalue weighted by Gasteiger charge is 2.20. The Morgan fingerprint density at radius 3 is 2.69 bits per heavy atom. The molecule has 0 heterocycles. The highest BCUT2D eigenvalue weighted by molar-refractivity contribution is 5.78. The molecule has 0 amide bonds. The molecule has 16 heavy (non-hydrogen) atoms. The van der Waals surface area contributed by atoms with Gasteiger partial charge in [0.1, 0.15) is 0 Å². The van der Waals surface area contributed by atoms with Gasteiger partial charge in [-0.3, -0.25) is 4.79 Å². The summed E-state index contributed by atoms with van der Waals surface area (Å²) in [7, 11) is 1.45. The first-order valence-corrected chi connectivity index (χ1v) is 5.89. The molecule has 0 saturated carbocycles. The van der Waals surface area contributed by atoms with E-state index in [0.717, 1.165) is 24.8 Å². The summed E-state index contributed by atoms with van der Waals surface area (Å²) >= 11 is 0. The molecule has 0 aromatic heterocycles. The molecule has 1 aromatic carbocycles. The van der Waals surface area contributed by atoms with Gasteiger partial charge >= 0.3 is 5.97 Å². The zero-order valence-electron chi connectivity index (χ0n) is 10.3. The van der Waals surface area contributed by atoms with Crippen LogP contribution in [0.4, 0.5) is 0 Å². The van der Waals surface area contributed by atoms with Gasteiger partial charge in [-0.05, 0) is 24.0 Å². The van der Waals surface area contributed by atoms with Gasteiger partial charge in [-0.2, -0.15) is 0 Å². The van der Waals surface area contributed by atoms with E-state index in [9.17, 15) is 4.79 Å². The maximum Gasteiger partial charge on any atom is 0.313 e. The van der Waals surface area contributed by atoms with Gasteiger partial charge in [0.15, 0.2) is 0 Å². The average Bonchev–Trinajstić information content (AvgIpc) is 2.35. The van der Waals surface area contributed by atoms with E-state index in [1.54, 1.807) is 0 Å². The molecule has 1 rings (SSSR count). The van der Waals surface area contributed by atoms with Crippen LogP contribution in [0.25, 0.3) is 0 Å². The topological polar surface area (TPSA) is 26.3 Å². The quantitative estimate of drug-likeness (QED) is 0.712. The van der Waals surface area contributed by atoms with Crippen molar-refractivity contribution in [3.05, 3.63) is 35.4 Å². The number of hydrogen-bond acceptors (Lipinski definition) is 2. The van der Waals surface area contributed by atoms with Gasteiger partial charge in [-0.25, -0.2) is 0 Å². The summed E-state index contributed by atoms with van der Waals surface area (Å²) in [6, 6.07) is 8.22. The Balaban J connectivity index is 2.95. The SMILES string of the molecule is CCCC(C(=O)OC)c1cccc(CC)c1. The Kier molecular flexibility index (Phi) is 5.03. The lowest BCUT2D eigenvalue weighted by molar-refractivity contribution is -0.142. The molecule has 0 N–H and O–H groups in total. The largest absolute Gasteiger partial charge is 0.469 e. The van der Waals surface area contributed by atoms with E-state index >= 15 is 0 Å². The minimum atomic E-state index is -0.130. The van der Waals surface area contributed by atoms with E-state index in [1.165, 1.54) is 12.7 Å². The van der Waals surface area contributed by atoms with E-state index in [0.29, 0.717) is 0 Å². The molecule has 1 aromatic rings. The lowest BCUT2D eigenvalue weighted by Gasteiger charge is -2.14. The molecular formula is C14H20O2. The maximum atomic E-state index is 11.7. The zero-order valence-corrected chi connectivity index (χ0v) is 10.3. The van der Waals surface area contributed by atoms with Gasteiger partial charge in [-0.1, -0.05) is 44.5 Å². The van der Waals surface area contributed by atoms with Crippen molar-refractivity contribution in [3.8, 4) is 0 Å². The van der Waals surface area contributed by atoms with E-state index in [2.05, 4.69) is 26.0 Å². The lowest BCUT2D eigenvalue weighted by Crippen LogP contribution is -2.14. The summed E-state index contributed by atoms with van der Waals surface area (Å²) in [6.07, 6.45) is 2.82. The van der Waals surface area contributed by atoms with Crippen LogP contribution < -0.4 is 0 Å². The third-order valence-electron chi connectivity index (χ3n) is 2.82. The summed E-state index contributed by atoms with van der Waals surface area (Å²) in [5.41, 5.74) is 2.34. The molecule has 0 saturated heterocycles. The molecule has 0 bridgehead atoms. The van der Waals surface area contributed by atoms with Crippen LogP contribution in [0.2, 0.25) is 0 Å². The van der Waals surface area contributed by atoms with Crippen LogP contribution >= 0.6 is 0 Å². The van der Waals surface area contributed by atoms with Crippen molar-refractivity contribution in [3.63, 3.8) is 0 Å². The van der Waals surface area contributed by atoms with Gasteiger partial charge < -0.3 is 4.74 Å². The summed E-state index contributed by atoms with van der Waals surface area (Å²) < 4.78 is 4.85. The standard InChI is InChI=1S/C14H20O2/c1-4-7-13(14(15)16-3)12-9-6-8-11(5-2)10-12/h6,8-10,13H,4-5,7H2,1-3H3. The van der Waals surface area contributed by atoms with Gasteiger partial charge in [0.05, 0.1) is 13.0 Å². The molecule has 0 radical (unpaired) electrons. The second kappa shape index (κ2) is 6.31. The highest BCUT2D eigenvalue weighted by atomic mass is 16.5. The molecular weight excluding hydrogens is 200 g/mol. The minimum Gasteiger partial charge on any atom is -0.469 e. The second-order valence-corrected chi connectivity index (χ2v) is 3.96. The second-order valence-electron chi connectivity index (χ2n) is 3.96. The molecule has 0 aliphatic rings. The first-order valence-electron chi connectivity index (χ1n) is 5.89. The fourth-order valence-electron chi connectivity index (χ4n) is 1.88. The number of hydrogen-bond donors (Lipinski definition) is 0. The van der Waals surface area contributed by atoms with Crippen LogP contribution in [0.5, 0.6) is 0 Å². The normalized spacial score (nSPS) is 12.2. The van der Waals surface area contributed by atoms with Crippen molar-refractivity contribution in [1.29, 1.82) is 0 Å². The molecule has 0 aliphatic carbocycles. The van der Waals surface area contributed by atoms with Crippen LogP contribution in [-0.2, 0) is 16.0 Å². The Morgan fingerprint density at radius 1 is 1.38 bits per heavy atom. The zero-order chi connectivity index (χ0) is 12.0. The molecule has 2 heteroatoms.